The Morgan fingerprint density at radius 1 is 1.44 bits per heavy atom. The van der Waals surface area contributed by atoms with Gasteiger partial charge in [-0.25, -0.2) is 4.98 Å². The van der Waals surface area contributed by atoms with E-state index in [1.165, 1.54) is 0 Å². The van der Waals surface area contributed by atoms with E-state index in [9.17, 15) is 4.79 Å². The molecular weight excluding hydrogens is 266 g/mol. The predicted octanol–water partition coefficient (Wildman–Crippen LogP) is 3.20. The second-order valence-electron chi connectivity index (χ2n) is 3.32. The average molecular weight is 274 g/mol. The Morgan fingerprint density at radius 2 is 2.19 bits per heavy atom. The lowest BCUT2D eigenvalue weighted by Crippen LogP contribution is -2.02. The fraction of sp³-hybridized carbons (Fsp3) is 0.0769. The SMILES string of the molecule is C#CCC(=O)c1nc2ccccc2cc1Br. The zero-order valence-electron chi connectivity index (χ0n) is 8.40. The number of benzene rings is 1. The number of nitrogens with zero attached hydrogens (tertiary/aromatic N) is 1. The van der Waals surface area contributed by atoms with Gasteiger partial charge in [-0.3, -0.25) is 4.79 Å². The molecule has 0 spiro atoms. The van der Waals surface area contributed by atoms with Crippen LogP contribution < -0.4 is 0 Å². The van der Waals surface area contributed by atoms with Crippen LogP contribution in [0.25, 0.3) is 10.9 Å². The number of hydrogen-bond donors (Lipinski definition) is 0. The molecule has 2 aromatic rings. The molecular formula is C13H8BrNO. The molecule has 1 aromatic heterocycles. The zero-order chi connectivity index (χ0) is 11.5. The first kappa shape index (κ1) is 10.8. The first-order chi connectivity index (χ1) is 7.72. The summed E-state index contributed by atoms with van der Waals surface area (Å²) in [6, 6.07) is 9.51. The second-order valence-corrected chi connectivity index (χ2v) is 4.17. The third-order valence-corrected chi connectivity index (χ3v) is 2.81. The first-order valence-electron chi connectivity index (χ1n) is 4.74. The van der Waals surface area contributed by atoms with Crippen molar-refractivity contribution in [3.8, 4) is 12.3 Å². The molecule has 78 valence electrons. The zero-order valence-corrected chi connectivity index (χ0v) is 9.99. The van der Waals surface area contributed by atoms with Crippen molar-refractivity contribution >= 4 is 32.6 Å². The molecule has 0 bridgehead atoms. The third-order valence-electron chi connectivity index (χ3n) is 2.20. The number of para-hydroxylation sites is 1. The van der Waals surface area contributed by atoms with Crippen molar-refractivity contribution in [2.75, 3.05) is 0 Å². The van der Waals surface area contributed by atoms with Gasteiger partial charge in [-0.2, -0.15) is 0 Å². The molecule has 2 nitrogen and oxygen atoms in total. The fourth-order valence-corrected chi connectivity index (χ4v) is 2.02. The molecule has 16 heavy (non-hydrogen) atoms. The van der Waals surface area contributed by atoms with E-state index in [0.29, 0.717) is 10.2 Å². The molecule has 0 aliphatic rings. The van der Waals surface area contributed by atoms with Crippen LogP contribution in [0.2, 0.25) is 0 Å². The number of rotatable bonds is 2. The van der Waals surface area contributed by atoms with Crippen molar-refractivity contribution in [3.63, 3.8) is 0 Å². The van der Waals surface area contributed by atoms with Gasteiger partial charge in [0.2, 0.25) is 0 Å². The molecule has 0 amide bonds. The molecule has 1 aromatic carbocycles. The highest BCUT2D eigenvalue weighted by atomic mass is 79.9. The van der Waals surface area contributed by atoms with E-state index in [1.54, 1.807) is 0 Å². The van der Waals surface area contributed by atoms with E-state index >= 15 is 0 Å². The highest BCUT2D eigenvalue weighted by Crippen LogP contribution is 2.22. The number of aromatic nitrogens is 1. The second kappa shape index (κ2) is 4.46. The highest BCUT2D eigenvalue weighted by molar-refractivity contribution is 9.10. The molecule has 0 aliphatic heterocycles. The molecule has 0 aliphatic carbocycles. The molecule has 1 heterocycles. The Balaban J connectivity index is 2.59. The van der Waals surface area contributed by atoms with Gasteiger partial charge < -0.3 is 0 Å². The van der Waals surface area contributed by atoms with Crippen LogP contribution in [0, 0.1) is 12.3 Å². The van der Waals surface area contributed by atoms with Crippen LogP contribution in [0.4, 0.5) is 0 Å². The van der Waals surface area contributed by atoms with Crippen LogP contribution in [0.5, 0.6) is 0 Å². The van der Waals surface area contributed by atoms with E-state index in [0.717, 1.165) is 10.9 Å². The Hall–Kier alpha value is -1.66. The number of carbonyl (C=O) groups is 1. The van der Waals surface area contributed by atoms with Crippen LogP contribution in [-0.2, 0) is 0 Å². The third kappa shape index (κ3) is 1.98. The molecule has 0 saturated carbocycles. The molecule has 0 fully saturated rings. The van der Waals surface area contributed by atoms with Crippen molar-refractivity contribution in [2.24, 2.45) is 0 Å². The van der Waals surface area contributed by atoms with Crippen LogP contribution in [-0.4, -0.2) is 10.8 Å². The summed E-state index contributed by atoms with van der Waals surface area (Å²) in [7, 11) is 0. The predicted molar refractivity (Wildman–Crippen MR) is 67.2 cm³/mol. The number of Topliss-reactive ketones (excluding diaryl/α,β-unsaturated/α-hetero) is 1. The minimum atomic E-state index is -0.139. The number of halogens is 1. The van der Waals surface area contributed by atoms with Gasteiger partial charge in [-0.15, -0.1) is 6.42 Å². The first-order valence-corrected chi connectivity index (χ1v) is 5.53. The molecule has 3 heteroatoms. The lowest BCUT2D eigenvalue weighted by Gasteiger charge is -2.03. The summed E-state index contributed by atoms with van der Waals surface area (Å²) in [6.45, 7) is 0. The van der Waals surface area contributed by atoms with E-state index in [-0.39, 0.29) is 12.2 Å². The summed E-state index contributed by atoms with van der Waals surface area (Å²) in [4.78, 5) is 16.0. The fourth-order valence-electron chi connectivity index (χ4n) is 1.46. The van der Waals surface area contributed by atoms with Gasteiger partial charge in [-0.1, -0.05) is 24.1 Å². The monoisotopic (exact) mass is 273 g/mol. The highest BCUT2D eigenvalue weighted by Gasteiger charge is 2.11. The Labute approximate surface area is 102 Å². The van der Waals surface area contributed by atoms with E-state index in [2.05, 4.69) is 26.8 Å². The summed E-state index contributed by atoms with van der Waals surface area (Å²) in [5.74, 6) is 2.19. The summed E-state index contributed by atoms with van der Waals surface area (Å²) >= 11 is 3.34. The standard InChI is InChI=1S/C13H8BrNO/c1-2-5-12(16)13-10(14)8-9-6-3-4-7-11(9)15-13/h1,3-4,6-8H,5H2. The minimum Gasteiger partial charge on any atom is -0.291 e. The van der Waals surface area contributed by atoms with E-state index in [1.807, 2.05) is 30.3 Å². The van der Waals surface area contributed by atoms with Crippen LogP contribution in [0.1, 0.15) is 16.9 Å². The van der Waals surface area contributed by atoms with Crippen LogP contribution in [0.3, 0.4) is 0 Å². The quantitative estimate of drug-likeness (QED) is 0.621. The molecule has 0 atom stereocenters. The number of carbonyl (C=O) groups excluding carboxylic acids is 1. The molecule has 0 saturated heterocycles. The smallest absolute Gasteiger partial charge is 0.194 e. The summed E-state index contributed by atoms with van der Waals surface area (Å²) < 4.78 is 0.687. The van der Waals surface area contributed by atoms with Gasteiger partial charge in [0.25, 0.3) is 0 Å². The Bertz CT molecular complexity index is 598. The van der Waals surface area contributed by atoms with Gasteiger partial charge in [0.05, 0.1) is 11.9 Å². The van der Waals surface area contributed by atoms with E-state index < -0.39 is 0 Å². The van der Waals surface area contributed by atoms with Crippen molar-refractivity contribution < 1.29 is 4.79 Å². The normalized spacial score (nSPS) is 10.0. The summed E-state index contributed by atoms with van der Waals surface area (Å²) in [5, 5.41) is 0.992. The maximum Gasteiger partial charge on any atom is 0.194 e. The number of hydrogen-bond acceptors (Lipinski definition) is 2. The Morgan fingerprint density at radius 3 is 2.94 bits per heavy atom. The molecule has 0 radical (unpaired) electrons. The van der Waals surface area contributed by atoms with Crippen molar-refractivity contribution in [1.29, 1.82) is 0 Å². The lowest BCUT2D eigenvalue weighted by atomic mass is 10.1. The van der Waals surface area contributed by atoms with Crippen molar-refractivity contribution in [2.45, 2.75) is 6.42 Å². The average Bonchev–Trinajstić information content (AvgIpc) is 2.28. The molecule has 0 unspecified atom stereocenters. The largest absolute Gasteiger partial charge is 0.291 e. The molecule has 2 rings (SSSR count). The topological polar surface area (TPSA) is 30.0 Å². The van der Waals surface area contributed by atoms with Gasteiger partial charge >= 0.3 is 0 Å². The number of ketones is 1. The van der Waals surface area contributed by atoms with Crippen LogP contribution >= 0.6 is 15.9 Å². The van der Waals surface area contributed by atoms with Gasteiger partial charge in [0.15, 0.2) is 5.78 Å². The van der Waals surface area contributed by atoms with Gasteiger partial charge in [0.1, 0.15) is 5.69 Å². The van der Waals surface area contributed by atoms with Crippen molar-refractivity contribution in [1.82, 2.24) is 4.98 Å². The van der Waals surface area contributed by atoms with Crippen LogP contribution in [0.15, 0.2) is 34.8 Å². The van der Waals surface area contributed by atoms with Gasteiger partial charge in [0, 0.05) is 9.86 Å². The maximum atomic E-state index is 11.7. The van der Waals surface area contributed by atoms with Crippen molar-refractivity contribution in [3.05, 3.63) is 40.5 Å². The maximum absolute atomic E-state index is 11.7. The molecule has 0 N–H and O–H groups in total. The number of pyridine rings is 1. The lowest BCUT2D eigenvalue weighted by molar-refractivity contribution is 0.0993. The summed E-state index contributed by atoms with van der Waals surface area (Å²) in [6.07, 6.45) is 5.19. The van der Waals surface area contributed by atoms with Gasteiger partial charge in [-0.05, 0) is 28.1 Å². The number of fused-ring (bicyclic) bond motifs is 1. The minimum absolute atomic E-state index is 0.0734. The Kier molecular flexibility index (Phi) is 3.02. The number of terminal acetylenes is 1. The summed E-state index contributed by atoms with van der Waals surface area (Å²) in [5.41, 5.74) is 1.20. The van der Waals surface area contributed by atoms with E-state index in [4.69, 9.17) is 6.42 Å².